The second-order valence-corrected chi connectivity index (χ2v) is 5.84. The molecule has 1 N–H and O–H groups in total. The van der Waals surface area contributed by atoms with Crippen molar-refractivity contribution >= 4 is 17.7 Å². The van der Waals surface area contributed by atoms with Crippen molar-refractivity contribution < 1.29 is 9.21 Å². The number of furan rings is 1. The van der Waals surface area contributed by atoms with Crippen LogP contribution in [0, 0.1) is 0 Å². The number of nitrogens with zero attached hydrogens (tertiary/aromatic N) is 3. The van der Waals surface area contributed by atoms with E-state index in [9.17, 15) is 4.79 Å². The summed E-state index contributed by atoms with van der Waals surface area (Å²) < 4.78 is 7.13. The van der Waals surface area contributed by atoms with Crippen molar-refractivity contribution in [3.05, 3.63) is 54.3 Å². The number of nitrogens with one attached hydrogen (secondary N) is 1. The normalized spacial score (nSPS) is 10.7. The summed E-state index contributed by atoms with van der Waals surface area (Å²) in [6.07, 6.45) is 1.59. The average Bonchev–Trinajstić information content (AvgIpc) is 3.22. The molecule has 0 aliphatic heterocycles. The molecule has 2 aromatic heterocycles. The SMILES string of the molecule is Cn1c(SCC(=O)NCc2ccccc2)nnc1-c1ccco1. The Morgan fingerprint density at radius 3 is 2.78 bits per heavy atom. The maximum absolute atomic E-state index is 11.9. The van der Waals surface area contributed by atoms with Crippen molar-refractivity contribution in [1.29, 1.82) is 0 Å². The van der Waals surface area contributed by atoms with E-state index in [1.165, 1.54) is 11.8 Å². The van der Waals surface area contributed by atoms with Crippen LogP contribution in [0.1, 0.15) is 5.56 Å². The van der Waals surface area contributed by atoms with Crippen molar-refractivity contribution in [3.8, 4) is 11.6 Å². The molecule has 0 fully saturated rings. The highest BCUT2D eigenvalue weighted by Gasteiger charge is 2.14. The Kier molecular flexibility index (Phi) is 4.77. The van der Waals surface area contributed by atoms with E-state index in [1.54, 1.807) is 12.3 Å². The third kappa shape index (κ3) is 3.81. The summed E-state index contributed by atoms with van der Waals surface area (Å²) in [5.74, 6) is 1.54. The van der Waals surface area contributed by atoms with Gasteiger partial charge in [0, 0.05) is 13.6 Å². The predicted octanol–water partition coefficient (Wildman–Crippen LogP) is 2.48. The Morgan fingerprint density at radius 1 is 1.22 bits per heavy atom. The fourth-order valence-electron chi connectivity index (χ4n) is 2.04. The number of hydrogen-bond donors (Lipinski definition) is 1. The summed E-state index contributed by atoms with van der Waals surface area (Å²) in [6.45, 7) is 0.524. The van der Waals surface area contributed by atoms with Gasteiger partial charge in [-0.1, -0.05) is 42.1 Å². The number of aromatic nitrogens is 3. The smallest absolute Gasteiger partial charge is 0.230 e. The van der Waals surface area contributed by atoms with Gasteiger partial charge < -0.3 is 14.3 Å². The van der Waals surface area contributed by atoms with Crippen molar-refractivity contribution in [2.24, 2.45) is 7.05 Å². The number of thioether (sulfide) groups is 1. The summed E-state index contributed by atoms with van der Waals surface area (Å²) in [6, 6.07) is 13.4. The minimum atomic E-state index is -0.0404. The molecule has 0 bridgehead atoms. The molecule has 1 aromatic carbocycles. The number of carbonyl (C=O) groups excluding carboxylic acids is 1. The number of carbonyl (C=O) groups is 1. The first kappa shape index (κ1) is 15.4. The standard InChI is InChI=1S/C16H16N4O2S/c1-20-15(13-8-5-9-22-13)18-19-16(20)23-11-14(21)17-10-12-6-3-2-4-7-12/h2-9H,10-11H2,1H3,(H,17,21). The van der Waals surface area contributed by atoms with Crippen LogP contribution >= 0.6 is 11.8 Å². The quantitative estimate of drug-likeness (QED) is 0.704. The number of rotatable bonds is 6. The Labute approximate surface area is 137 Å². The largest absolute Gasteiger partial charge is 0.461 e. The molecule has 7 heteroatoms. The molecule has 0 saturated heterocycles. The Morgan fingerprint density at radius 2 is 2.04 bits per heavy atom. The monoisotopic (exact) mass is 328 g/mol. The van der Waals surface area contributed by atoms with E-state index in [-0.39, 0.29) is 11.7 Å². The lowest BCUT2D eigenvalue weighted by molar-refractivity contribution is -0.118. The average molecular weight is 328 g/mol. The molecule has 0 aliphatic rings. The highest BCUT2D eigenvalue weighted by atomic mass is 32.2. The first-order valence-corrected chi connectivity index (χ1v) is 8.09. The van der Waals surface area contributed by atoms with E-state index in [2.05, 4.69) is 15.5 Å². The molecule has 3 rings (SSSR count). The highest BCUT2D eigenvalue weighted by molar-refractivity contribution is 7.99. The van der Waals surface area contributed by atoms with Crippen LogP contribution in [-0.2, 0) is 18.4 Å². The summed E-state index contributed by atoms with van der Waals surface area (Å²) in [5, 5.41) is 11.8. The molecule has 6 nitrogen and oxygen atoms in total. The van der Waals surface area contributed by atoms with Gasteiger partial charge in [-0.15, -0.1) is 10.2 Å². The van der Waals surface area contributed by atoms with Gasteiger partial charge in [-0.25, -0.2) is 0 Å². The number of benzene rings is 1. The summed E-state index contributed by atoms with van der Waals surface area (Å²) in [4.78, 5) is 11.9. The molecule has 1 amide bonds. The molecule has 0 radical (unpaired) electrons. The fraction of sp³-hybridized carbons (Fsp3) is 0.188. The van der Waals surface area contributed by atoms with Gasteiger partial charge in [0.25, 0.3) is 0 Å². The van der Waals surface area contributed by atoms with Crippen LogP contribution in [-0.4, -0.2) is 26.4 Å². The lowest BCUT2D eigenvalue weighted by Crippen LogP contribution is -2.24. The second kappa shape index (κ2) is 7.15. The van der Waals surface area contributed by atoms with E-state index < -0.39 is 0 Å². The zero-order valence-electron chi connectivity index (χ0n) is 12.6. The van der Waals surface area contributed by atoms with Crippen LogP contribution in [0.5, 0.6) is 0 Å². The lowest BCUT2D eigenvalue weighted by atomic mass is 10.2. The molecule has 0 spiro atoms. The topological polar surface area (TPSA) is 73.0 Å². The van der Waals surface area contributed by atoms with Crippen molar-refractivity contribution in [3.63, 3.8) is 0 Å². The fourth-order valence-corrected chi connectivity index (χ4v) is 2.78. The minimum absolute atomic E-state index is 0.0404. The highest BCUT2D eigenvalue weighted by Crippen LogP contribution is 2.22. The van der Waals surface area contributed by atoms with Gasteiger partial charge in [0.1, 0.15) is 0 Å². The molecule has 3 aromatic rings. The third-order valence-corrected chi connectivity index (χ3v) is 4.26. The minimum Gasteiger partial charge on any atom is -0.461 e. The maximum Gasteiger partial charge on any atom is 0.230 e. The number of hydrogen-bond acceptors (Lipinski definition) is 5. The van der Waals surface area contributed by atoms with E-state index >= 15 is 0 Å². The van der Waals surface area contributed by atoms with Crippen LogP contribution in [0.3, 0.4) is 0 Å². The van der Waals surface area contributed by atoms with E-state index in [4.69, 9.17) is 4.42 Å². The second-order valence-electron chi connectivity index (χ2n) is 4.89. The van der Waals surface area contributed by atoms with Crippen molar-refractivity contribution in [1.82, 2.24) is 20.1 Å². The van der Waals surface area contributed by atoms with Gasteiger partial charge in [0.2, 0.25) is 5.91 Å². The Hall–Kier alpha value is -2.54. The molecule has 0 saturated carbocycles. The van der Waals surface area contributed by atoms with Crippen LogP contribution in [0.2, 0.25) is 0 Å². The maximum atomic E-state index is 11.9. The zero-order chi connectivity index (χ0) is 16.1. The first-order chi connectivity index (χ1) is 11.2. The Balaban J connectivity index is 1.53. The van der Waals surface area contributed by atoms with E-state index in [0.29, 0.717) is 23.3 Å². The van der Waals surface area contributed by atoms with Gasteiger partial charge >= 0.3 is 0 Å². The van der Waals surface area contributed by atoms with E-state index in [1.807, 2.05) is 48.0 Å². The van der Waals surface area contributed by atoms with Crippen molar-refractivity contribution in [2.45, 2.75) is 11.7 Å². The van der Waals surface area contributed by atoms with Crippen LogP contribution in [0.25, 0.3) is 11.6 Å². The zero-order valence-corrected chi connectivity index (χ0v) is 13.4. The van der Waals surface area contributed by atoms with Gasteiger partial charge in [-0.3, -0.25) is 4.79 Å². The summed E-state index contributed by atoms with van der Waals surface area (Å²) >= 11 is 1.34. The number of amides is 1. The molecule has 0 unspecified atom stereocenters. The van der Waals surface area contributed by atoms with Crippen LogP contribution < -0.4 is 5.32 Å². The summed E-state index contributed by atoms with van der Waals surface area (Å²) in [5.41, 5.74) is 1.07. The molecule has 23 heavy (non-hydrogen) atoms. The third-order valence-electron chi connectivity index (χ3n) is 3.24. The predicted molar refractivity (Wildman–Crippen MR) is 87.7 cm³/mol. The van der Waals surface area contributed by atoms with Crippen LogP contribution in [0.15, 0.2) is 58.3 Å². The molecule has 0 aliphatic carbocycles. The van der Waals surface area contributed by atoms with Crippen LogP contribution in [0.4, 0.5) is 0 Å². The summed E-state index contributed by atoms with van der Waals surface area (Å²) in [7, 11) is 1.85. The molecule has 2 heterocycles. The van der Waals surface area contributed by atoms with Gasteiger partial charge in [-0.2, -0.15) is 0 Å². The van der Waals surface area contributed by atoms with Gasteiger partial charge in [0.05, 0.1) is 12.0 Å². The van der Waals surface area contributed by atoms with E-state index in [0.717, 1.165) is 5.56 Å². The lowest BCUT2D eigenvalue weighted by Gasteiger charge is -2.05. The van der Waals surface area contributed by atoms with Gasteiger partial charge in [-0.05, 0) is 17.7 Å². The molecular weight excluding hydrogens is 312 g/mol. The Bertz CT molecular complexity index is 769. The molecule has 118 valence electrons. The van der Waals surface area contributed by atoms with Crippen molar-refractivity contribution in [2.75, 3.05) is 5.75 Å². The van der Waals surface area contributed by atoms with Gasteiger partial charge in [0.15, 0.2) is 16.7 Å². The first-order valence-electron chi connectivity index (χ1n) is 7.11. The molecule has 0 atom stereocenters. The molecular formula is C16H16N4O2S.